The molecule has 0 bridgehead atoms. The number of carbonyl (C=O) groups is 1. The predicted octanol–water partition coefficient (Wildman–Crippen LogP) is 1.57. The second kappa shape index (κ2) is 7.14. The monoisotopic (exact) mass is 256 g/mol. The summed E-state index contributed by atoms with van der Waals surface area (Å²) in [6.45, 7) is 2.47. The molecule has 0 saturated heterocycles. The van der Waals surface area contributed by atoms with Crippen molar-refractivity contribution in [1.29, 1.82) is 0 Å². The minimum Gasteiger partial charge on any atom is -0.484 e. The van der Waals surface area contributed by atoms with Crippen LogP contribution in [0.4, 0.5) is 0 Å². The molecule has 0 aliphatic rings. The number of ether oxygens (including phenoxy) is 1. The third-order valence-corrected chi connectivity index (χ3v) is 2.36. The molecule has 0 aromatic heterocycles. The highest BCUT2D eigenvalue weighted by atomic mass is 35.5. The zero-order chi connectivity index (χ0) is 12.7. The van der Waals surface area contributed by atoms with Gasteiger partial charge in [0.15, 0.2) is 6.61 Å². The molecule has 4 nitrogen and oxygen atoms in total. The maximum absolute atomic E-state index is 11.4. The van der Waals surface area contributed by atoms with Crippen molar-refractivity contribution in [2.24, 2.45) is 5.73 Å². The van der Waals surface area contributed by atoms with E-state index in [9.17, 15) is 4.79 Å². The van der Waals surface area contributed by atoms with E-state index in [-0.39, 0.29) is 18.6 Å². The summed E-state index contributed by atoms with van der Waals surface area (Å²) in [4.78, 5) is 11.4. The van der Waals surface area contributed by atoms with Crippen LogP contribution in [0.2, 0.25) is 5.02 Å². The van der Waals surface area contributed by atoms with Crippen molar-refractivity contribution in [1.82, 2.24) is 5.32 Å². The fourth-order valence-electron chi connectivity index (χ4n) is 1.17. The quantitative estimate of drug-likeness (QED) is 0.812. The van der Waals surface area contributed by atoms with E-state index in [0.717, 1.165) is 6.42 Å². The Morgan fingerprint density at radius 3 is 2.71 bits per heavy atom. The van der Waals surface area contributed by atoms with Crippen LogP contribution in [0.3, 0.4) is 0 Å². The van der Waals surface area contributed by atoms with Crippen LogP contribution >= 0.6 is 11.6 Å². The predicted molar refractivity (Wildman–Crippen MR) is 68.2 cm³/mol. The summed E-state index contributed by atoms with van der Waals surface area (Å²) in [5, 5.41) is 3.36. The molecule has 1 atom stereocenters. The molecule has 0 aliphatic heterocycles. The third kappa shape index (κ3) is 6.14. The summed E-state index contributed by atoms with van der Waals surface area (Å²) in [5.74, 6) is 0.470. The largest absolute Gasteiger partial charge is 0.484 e. The Morgan fingerprint density at radius 2 is 2.12 bits per heavy atom. The van der Waals surface area contributed by atoms with Gasteiger partial charge in [-0.25, -0.2) is 0 Å². The summed E-state index contributed by atoms with van der Waals surface area (Å²) in [6.07, 6.45) is 0.757. The Kier molecular flexibility index (Phi) is 5.80. The van der Waals surface area contributed by atoms with E-state index in [4.69, 9.17) is 22.1 Å². The molecule has 94 valence electrons. The highest BCUT2D eigenvalue weighted by Crippen LogP contribution is 2.15. The summed E-state index contributed by atoms with van der Waals surface area (Å²) >= 11 is 5.73. The number of amides is 1. The Labute approximate surface area is 106 Å². The van der Waals surface area contributed by atoms with Gasteiger partial charge in [0.1, 0.15) is 5.75 Å². The summed E-state index contributed by atoms with van der Waals surface area (Å²) < 4.78 is 5.28. The van der Waals surface area contributed by atoms with Crippen molar-refractivity contribution in [3.63, 3.8) is 0 Å². The van der Waals surface area contributed by atoms with Crippen LogP contribution in [0.15, 0.2) is 24.3 Å². The fraction of sp³-hybridized carbons (Fsp3) is 0.417. The normalized spacial score (nSPS) is 11.9. The van der Waals surface area contributed by atoms with E-state index < -0.39 is 0 Å². The lowest BCUT2D eigenvalue weighted by Gasteiger charge is -2.08. The van der Waals surface area contributed by atoms with Crippen molar-refractivity contribution in [2.45, 2.75) is 19.4 Å². The van der Waals surface area contributed by atoms with Gasteiger partial charge in [-0.15, -0.1) is 0 Å². The number of nitrogens with one attached hydrogen (secondary N) is 1. The molecular formula is C12H17ClN2O2. The highest BCUT2D eigenvalue weighted by Gasteiger charge is 2.02. The van der Waals surface area contributed by atoms with E-state index in [2.05, 4.69) is 5.32 Å². The number of benzene rings is 1. The van der Waals surface area contributed by atoms with Crippen LogP contribution in [0.5, 0.6) is 5.75 Å². The van der Waals surface area contributed by atoms with Gasteiger partial charge < -0.3 is 15.8 Å². The Balaban J connectivity index is 2.21. The second-order valence-electron chi connectivity index (χ2n) is 3.86. The third-order valence-electron chi connectivity index (χ3n) is 2.11. The van der Waals surface area contributed by atoms with Gasteiger partial charge in [0, 0.05) is 17.6 Å². The standard InChI is InChI=1S/C12H17ClN2O2/c1-9(14)6-7-15-12(16)8-17-11-4-2-10(13)3-5-11/h2-5,9H,6-8,14H2,1H3,(H,15,16). The fourth-order valence-corrected chi connectivity index (χ4v) is 1.30. The number of hydrogen-bond acceptors (Lipinski definition) is 3. The van der Waals surface area contributed by atoms with Gasteiger partial charge in [0.2, 0.25) is 0 Å². The first-order valence-electron chi connectivity index (χ1n) is 5.48. The molecule has 0 saturated carbocycles. The van der Waals surface area contributed by atoms with Crippen LogP contribution in [-0.4, -0.2) is 25.1 Å². The number of carbonyl (C=O) groups excluding carboxylic acids is 1. The minimum atomic E-state index is -0.152. The first-order chi connectivity index (χ1) is 8.08. The molecule has 1 unspecified atom stereocenters. The number of nitrogens with two attached hydrogens (primary N) is 1. The SMILES string of the molecule is CC(N)CCNC(=O)COc1ccc(Cl)cc1. The van der Waals surface area contributed by atoms with E-state index >= 15 is 0 Å². The van der Waals surface area contributed by atoms with Gasteiger partial charge in [-0.1, -0.05) is 11.6 Å². The molecule has 0 fully saturated rings. The molecule has 0 spiro atoms. The molecule has 1 aromatic carbocycles. The maximum atomic E-state index is 11.4. The minimum absolute atomic E-state index is 0.000580. The lowest BCUT2D eigenvalue weighted by Crippen LogP contribution is -2.32. The Hall–Kier alpha value is -1.26. The van der Waals surface area contributed by atoms with E-state index in [1.807, 2.05) is 6.92 Å². The van der Waals surface area contributed by atoms with E-state index in [1.165, 1.54) is 0 Å². The van der Waals surface area contributed by atoms with E-state index in [0.29, 0.717) is 17.3 Å². The van der Waals surface area contributed by atoms with Crippen molar-refractivity contribution in [3.8, 4) is 5.75 Å². The topological polar surface area (TPSA) is 64.3 Å². The van der Waals surface area contributed by atoms with Crippen LogP contribution in [0, 0.1) is 0 Å². The number of rotatable bonds is 6. The first-order valence-corrected chi connectivity index (χ1v) is 5.86. The molecule has 3 N–H and O–H groups in total. The lowest BCUT2D eigenvalue weighted by atomic mass is 10.2. The molecule has 5 heteroatoms. The lowest BCUT2D eigenvalue weighted by molar-refractivity contribution is -0.123. The maximum Gasteiger partial charge on any atom is 0.257 e. The Bertz CT molecular complexity index is 352. The number of halogens is 1. The molecular weight excluding hydrogens is 240 g/mol. The van der Waals surface area contributed by atoms with E-state index in [1.54, 1.807) is 24.3 Å². The summed E-state index contributed by atoms with van der Waals surface area (Å²) in [5.41, 5.74) is 5.56. The Morgan fingerprint density at radius 1 is 1.47 bits per heavy atom. The van der Waals surface area contributed by atoms with Gasteiger partial charge in [-0.3, -0.25) is 4.79 Å². The molecule has 1 aromatic rings. The van der Waals surface area contributed by atoms with Crippen LogP contribution < -0.4 is 15.8 Å². The average Bonchev–Trinajstić information content (AvgIpc) is 2.28. The van der Waals surface area contributed by atoms with Gasteiger partial charge in [-0.05, 0) is 37.6 Å². The van der Waals surface area contributed by atoms with Gasteiger partial charge in [-0.2, -0.15) is 0 Å². The summed E-state index contributed by atoms with van der Waals surface area (Å²) in [6, 6.07) is 6.96. The van der Waals surface area contributed by atoms with Crippen LogP contribution in [-0.2, 0) is 4.79 Å². The molecule has 0 radical (unpaired) electrons. The molecule has 0 aliphatic carbocycles. The highest BCUT2D eigenvalue weighted by molar-refractivity contribution is 6.30. The van der Waals surface area contributed by atoms with Crippen LogP contribution in [0.25, 0.3) is 0 Å². The van der Waals surface area contributed by atoms with Crippen molar-refractivity contribution >= 4 is 17.5 Å². The number of hydrogen-bond donors (Lipinski definition) is 2. The van der Waals surface area contributed by atoms with Crippen molar-refractivity contribution in [2.75, 3.05) is 13.2 Å². The van der Waals surface area contributed by atoms with Crippen LogP contribution in [0.1, 0.15) is 13.3 Å². The smallest absolute Gasteiger partial charge is 0.257 e. The molecule has 1 rings (SSSR count). The summed E-state index contributed by atoms with van der Waals surface area (Å²) in [7, 11) is 0. The molecule has 17 heavy (non-hydrogen) atoms. The van der Waals surface area contributed by atoms with Gasteiger partial charge in [0.05, 0.1) is 0 Å². The van der Waals surface area contributed by atoms with Gasteiger partial charge in [0.25, 0.3) is 5.91 Å². The van der Waals surface area contributed by atoms with Crippen molar-refractivity contribution < 1.29 is 9.53 Å². The molecule has 0 heterocycles. The zero-order valence-electron chi connectivity index (χ0n) is 9.78. The van der Waals surface area contributed by atoms with Gasteiger partial charge >= 0.3 is 0 Å². The first kappa shape index (κ1) is 13.8. The average molecular weight is 257 g/mol. The zero-order valence-corrected chi connectivity index (χ0v) is 10.5. The second-order valence-corrected chi connectivity index (χ2v) is 4.29. The molecule has 1 amide bonds. The van der Waals surface area contributed by atoms with Crippen molar-refractivity contribution in [3.05, 3.63) is 29.3 Å².